The van der Waals surface area contributed by atoms with Crippen molar-refractivity contribution in [2.24, 2.45) is 0 Å². The molecule has 6 nitrogen and oxygen atoms in total. The third-order valence-electron chi connectivity index (χ3n) is 3.88. The lowest BCUT2D eigenvalue weighted by atomic mass is 9.90. The zero-order valence-corrected chi connectivity index (χ0v) is 14.5. The maximum absolute atomic E-state index is 11.8. The molecule has 0 unspecified atom stereocenters. The Bertz CT molecular complexity index is 632. The number of aromatic hydroxyl groups is 1. The van der Waals surface area contributed by atoms with Gasteiger partial charge in [-0.2, -0.15) is 8.42 Å². The smallest absolute Gasteiger partial charge is 0.298 e. The van der Waals surface area contributed by atoms with E-state index in [1.165, 1.54) is 14.2 Å². The van der Waals surface area contributed by atoms with Gasteiger partial charge >= 0.3 is 0 Å². The van der Waals surface area contributed by atoms with Crippen molar-refractivity contribution < 1.29 is 27.6 Å². The minimum Gasteiger partial charge on any atom is -0.506 e. The fourth-order valence-electron chi connectivity index (χ4n) is 2.81. The highest BCUT2D eigenvalue weighted by Gasteiger charge is 2.33. The fourth-order valence-corrected chi connectivity index (χ4v) is 3.71. The lowest BCUT2D eigenvalue weighted by Crippen LogP contribution is -2.12. The first-order valence-corrected chi connectivity index (χ1v) is 8.69. The van der Waals surface area contributed by atoms with Crippen LogP contribution in [0.4, 0.5) is 0 Å². The van der Waals surface area contributed by atoms with Gasteiger partial charge in [0.15, 0.2) is 11.5 Å². The first-order chi connectivity index (χ1) is 10.3. The highest BCUT2D eigenvalue weighted by Crippen LogP contribution is 2.49. The van der Waals surface area contributed by atoms with Crippen molar-refractivity contribution in [1.82, 2.24) is 0 Å². The van der Waals surface area contributed by atoms with Crippen LogP contribution in [0.3, 0.4) is 0 Å². The summed E-state index contributed by atoms with van der Waals surface area (Å²) in [6, 6.07) is 0. The minimum atomic E-state index is -4.61. The molecule has 0 bridgehead atoms. The average molecular weight is 332 g/mol. The zero-order valence-electron chi connectivity index (χ0n) is 13.6. The summed E-state index contributed by atoms with van der Waals surface area (Å²) in [5.41, 5.74) is 0.559. The molecule has 7 heteroatoms. The Kier molecular flexibility index (Phi) is 6.08. The van der Waals surface area contributed by atoms with Gasteiger partial charge in [0.2, 0.25) is 0 Å². The molecular formula is C15H24O6S. The number of hydrogen-bond acceptors (Lipinski definition) is 5. The molecule has 0 aliphatic heterocycles. The SMILES string of the molecule is CCc1c(O)c(S(=O)(=O)O)c(C(CC)CC)c(OC)c1OC. The number of rotatable bonds is 7. The van der Waals surface area contributed by atoms with Gasteiger partial charge in [0, 0.05) is 11.1 Å². The molecule has 0 atom stereocenters. The molecule has 0 fully saturated rings. The molecule has 126 valence electrons. The number of methoxy groups -OCH3 is 2. The molecule has 2 N–H and O–H groups in total. The van der Waals surface area contributed by atoms with E-state index in [1.807, 2.05) is 13.8 Å². The highest BCUT2D eigenvalue weighted by atomic mass is 32.2. The van der Waals surface area contributed by atoms with Crippen molar-refractivity contribution in [2.45, 2.75) is 50.8 Å². The normalized spacial score (nSPS) is 11.8. The third kappa shape index (κ3) is 3.15. The van der Waals surface area contributed by atoms with E-state index in [-0.39, 0.29) is 17.2 Å². The molecule has 22 heavy (non-hydrogen) atoms. The van der Waals surface area contributed by atoms with E-state index in [1.54, 1.807) is 6.92 Å². The van der Waals surface area contributed by atoms with E-state index < -0.39 is 20.8 Å². The van der Waals surface area contributed by atoms with Gasteiger partial charge in [-0.15, -0.1) is 0 Å². The molecule has 1 aromatic carbocycles. The van der Waals surface area contributed by atoms with Gasteiger partial charge in [-0.1, -0.05) is 20.8 Å². The lowest BCUT2D eigenvalue weighted by Gasteiger charge is -2.24. The molecule has 1 rings (SSSR count). The highest BCUT2D eigenvalue weighted by molar-refractivity contribution is 7.86. The van der Waals surface area contributed by atoms with Crippen LogP contribution in [0.1, 0.15) is 50.7 Å². The van der Waals surface area contributed by atoms with Crippen molar-refractivity contribution in [2.75, 3.05) is 14.2 Å². The second-order valence-corrected chi connectivity index (χ2v) is 6.34. The predicted octanol–water partition coefficient (Wildman–Crippen LogP) is 3.12. The van der Waals surface area contributed by atoms with Crippen molar-refractivity contribution in [3.63, 3.8) is 0 Å². The second kappa shape index (κ2) is 7.19. The van der Waals surface area contributed by atoms with Crippen LogP contribution in [-0.4, -0.2) is 32.3 Å². The maximum Gasteiger partial charge on any atom is 0.298 e. The molecule has 0 aromatic heterocycles. The molecule has 0 radical (unpaired) electrons. The quantitative estimate of drug-likeness (QED) is 0.745. The molecule has 0 heterocycles. The molecular weight excluding hydrogens is 308 g/mol. The Hall–Kier alpha value is -1.47. The molecule has 1 aromatic rings. The largest absolute Gasteiger partial charge is 0.506 e. The van der Waals surface area contributed by atoms with Crippen LogP contribution in [0, 0.1) is 0 Å². The first-order valence-electron chi connectivity index (χ1n) is 7.25. The van der Waals surface area contributed by atoms with Crippen LogP contribution in [0.25, 0.3) is 0 Å². The fraction of sp³-hybridized carbons (Fsp3) is 0.600. The first kappa shape index (κ1) is 18.6. The van der Waals surface area contributed by atoms with Gasteiger partial charge < -0.3 is 14.6 Å². The van der Waals surface area contributed by atoms with Crippen molar-refractivity contribution >= 4 is 10.1 Å². The van der Waals surface area contributed by atoms with Gasteiger partial charge in [0.1, 0.15) is 10.6 Å². The Morgan fingerprint density at radius 1 is 1.05 bits per heavy atom. The number of ether oxygens (including phenoxy) is 2. The summed E-state index contributed by atoms with van der Waals surface area (Å²) >= 11 is 0. The summed E-state index contributed by atoms with van der Waals surface area (Å²) in [6.07, 6.45) is 1.59. The van der Waals surface area contributed by atoms with E-state index in [0.717, 1.165) is 0 Å². The van der Waals surface area contributed by atoms with E-state index >= 15 is 0 Å². The third-order valence-corrected chi connectivity index (χ3v) is 4.81. The topological polar surface area (TPSA) is 93.1 Å². The Balaban J connectivity index is 4.04. The average Bonchev–Trinajstić information content (AvgIpc) is 2.46. The van der Waals surface area contributed by atoms with Crippen LogP contribution in [0.2, 0.25) is 0 Å². The molecule has 0 saturated heterocycles. The molecule has 0 aliphatic rings. The maximum atomic E-state index is 11.8. The Labute approximate surface area is 131 Å². The predicted molar refractivity (Wildman–Crippen MR) is 83.7 cm³/mol. The number of phenols is 1. The summed E-state index contributed by atoms with van der Waals surface area (Å²) in [6.45, 7) is 5.55. The summed E-state index contributed by atoms with van der Waals surface area (Å²) in [4.78, 5) is -0.476. The van der Waals surface area contributed by atoms with Crippen LogP contribution in [0.15, 0.2) is 4.90 Å². The van der Waals surface area contributed by atoms with Crippen LogP contribution in [0.5, 0.6) is 17.2 Å². The standard InChI is InChI=1S/C15H24O6S/c1-6-9(7-2)11-14(21-5)13(20-4)10(8-3)12(16)15(11)22(17,18)19/h9,16H,6-8H2,1-5H3,(H,17,18,19). The van der Waals surface area contributed by atoms with Crippen molar-refractivity contribution in [1.29, 1.82) is 0 Å². The number of benzene rings is 1. The van der Waals surface area contributed by atoms with Gasteiger partial charge in [-0.25, -0.2) is 0 Å². The van der Waals surface area contributed by atoms with E-state index in [0.29, 0.717) is 30.6 Å². The van der Waals surface area contributed by atoms with Gasteiger partial charge in [0.05, 0.1) is 14.2 Å². The van der Waals surface area contributed by atoms with Crippen LogP contribution < -0.4 is 9.47 Å². The van der Waals surface area contributed by atoms with Crippen molar-refractivity contribution in [3.8, 4) is 17.2 Å². The molecule has 0 amide bonds. The van der Waals surface area contributed by atoms with Crippen LogP contribution >= 0.6 is 0 Å². The number of hydrogen-bond donors (Lipinski definition) is 2. The van der Waals surface area contributed by atoms with Gasteiger partial charge in [-0.3, -0.25) is 4.55 Å². The van der Waals surface area contributed by atoms with Gasteiger partial charge in [-0.05, 0) is 25.2 Å². The number of phenolic OH excluding ortho intramolecular Hbond substituents is 1. The minimum absolute atomic E-state index is 0.197. The second-order valence-electron chi connectivity index (χ2n) is 4.98. The summed E-state index contributed by atoms with van der Waals surface area (Å²) in [5, 5.41) is 10.4. The van der Waals surface area contributed by atoms with Gasteiger partial charge in [0.25, 0.3) is 10.1 Å². The van der Waals surface area contributed by atoms with E-state index in [9.17, 15) is 18.1 Å². The summed E-state index contributed by atoms with van der Waals surface area (Å²) in [7, 11) is -1.76. The summed E-state index contributed by atoms with van der Waals surface area (Å²) < 4.78 is 44.0. The Morgan fingerprint density at radius 3 is 1.86 bits per heavy atom. The summed E-state index contributed by atoms with van der Waals surface area (Å²) in [5.74, 6) is -0.114. The zero-order chi connectivity index (χ0) is 17.1. The lowest BCUT2D eigenvalue weighted by molar-refractivity contribution is 0.335. The molecule has 0 aliphatic carbocycles. The monoisotopic (exact) mass is 332 g/mol. The molecule has 0 saturated carbocycles. The van der Waals surface area contributed by atoms with Crippen LogP contribution in [-0.2, 0) is 16.5 Å². The van der Waals surface area contributed by atoms with E-state index in [2.05, 4.69) is 0 Å². The Morgan fingerprint density at radius 2 is 1.55 bits per heavy atom. The van der Waals surface area contributed by atoms with Crippen molar-refractivity contribution in [3.05, 3.63) is 11.1 Å². The molecule has 0 spiro atoms. The van der Waals surface area contributed by atoms with E-state index in [4.69, 9.17) is 9.47 Å².